The van der Waals surface area contributed by atoms with Gasteiger partial charge in [-0.2, -0.15) is 0 Å². The van der Waals surface area contributed by atoms with Gasteiger partial charge in [0.2, 0.25) is 0 Å². The van der Waals surface area contributed by atoms with Crippen molar-refractivity contribution in [2.45, 2.75) is 19.9 Å². The van der Waals surface area contributed by atoms with Gasteiger partial charge in [-0.1, -0.05) is 23.8 Å². The number of carbonyl (C=O) groups excluding carboxylic acids is 1. The van der Waals surface area contributed by atoms with Crippen molar-refractivity contribution in [3.8, 4) is 0 Å². The Labute approximate surface area is 91.1 Å². The van der Waals surface area contributed by atoms with Crippen LogP contribution in [0.15, 0.2) is 24.3 Å². The number of nitrogens with one attached hydrogen (secondary N) is 1. The Hall–Kier alpha value is -0.860. The molecule has 0 radical (unpaired) electrons. The van der Waals surface area contributed by atoms with E-state index < -0.39 is 0 Å². The molecule has 1 aromatic rings. The monoisotopic (exact) mass is 213 g/mol. The van der Waals surface area contributed by atoms with Crippen molar-refractivity contribution in [2.75, 3.05) is 7.05 Å². The van der Waals surface area contributed by atoms with E-state index in [2.05, 4.69) is 5.32 Å². The second kappa shape index (κ2) is 5.78. The highest BCUT2D eigenvalue weighted by Gasteiger charge is 2.12. The number of Topliss-reactive ketones (excluding diaryl/α,β-unsaturated/α-hetero) is 1. The number of hydrogen-bond acceptors (Lipinski definition) is 2. The molecule has 2 nitrogen and oxygen atoms in total. The minimum Gasteiger partial charge on any atom is -0.310 e. The van der Waals surface area contributed by atoms with Crippen molar-refractivity contribution >= 4 is 18.2 Å². The summed E-state index contributed by atoms with van der Waals surface area (Å²) < 4.78 is 0. The van der Waals surface area contributed by atoms with Gasteiger partial charge in [0, 0.05) is 5.56 Å². The molecule has 0 saturated carbocycles. The molecule has 0 fully saturated rings. The molecule has 14 heavy (non-hydrogen) atoms. The third-order valence-electron chi connectivity index (χ3n) is 2.13. The largest absolute Gasteiger partial charge is 0.310 e. The number of likely N-dealkylation sites (N-methyl/N-ethyl adjacent to an activating group) is 1. The van der Waals surface area contributed by atoms with Crippen LogP contribution in [-0.4, -0.2) is 18.9 Å². The highest BCUT2D eigenvalue weighted by Crippen LogP contribution is 2.06. The first-order valence-corrected chi connectivity index (χ1v) is 4.43. The third-order valence-corrected chi connectivity index (χ3v) is 2.13. The Morgan fingerprint density at radius 1 is 1.43 bits per heavy atom. The number of hydrogen-bond donors (Lipinski definition) is 1. The average molecular weight is 214 g/mol. The highest BCUT2D eigenvalue weighted by atomic mass is 35.5. The normalized spacial score (nSPS) is 11.6. The van der Waals surface area contributed by atoms with Gasteiger partial charge in [-0.25, -0.2) is 0 Å². The summed E-state index contributed by atoms with van der Waals surface area (Å²) in [6.45, 7) is 3.85. The highest BCUT2D eigenvalue weighted by molar-refractivity contribution is 5.99. The predicted octanol–water partition coefficient (Wildman–Crippen LogP) is 2.21. The van der Waals surface area contributed by atoms with Crippen molar-refractivity contribution < 1.29 is 4.79 Å². The summed E-state index contributed by atoms with van der Waals surface area (Å²) in [5.41, 5.74) is 1.90. The quantitative estimate of drug-likeness (QED) is 0.781. The van der Waals surface area contributed by atoms with Crippen molar-refractivity contribution in [1.82, 2.24) is 5.32 Å². The van der Waals surface area contributed by atoms with Crippen LogP contribution in [0, 0.1) is 6.92 Å². The molecule has 1 atom stereocenters. The van der Waals surface area contributed by atoms with Crippen LogP contribution in [0.2, 0.25) is 0 Å². The third kappa shape index (κ3) is 3.13. The van der Waals surface area contributed by atoms with E-state index in [0.717, 1.165) is 11.1 Å². The van der Waals surface area contributed by atoms with Gasteiger partial charge in [0.15, 0.2) is 5.78 Å². The van der Waals surface area contributed by atoms with Crippen LogP contribution in [0.25, 0.3) is 0 Å². The van der Waals surface area contributed by atoms with Crippen LogP contribution in [0.1, 0.15) is 22.8 Å². The van der Waals surface area contributed by atoms with Gasteiger partial charge in [0.05, 0.1) is 6.04 Å². The molecule has 0 heterocycles. The van der Waals surface area contributed by atoms with Crippen LogP contribution >= 0.6 is 12.4 Å². The van der Waals surface area contributed by atoms with Crippen LogP contribution < -0.4 is 5.32 Å². The van der Waals surface area contributed by atoms with E-state index >= 15 is 0 Å². The molecule has 0 amide bonds. The Morgan fingerprint density at radius 2 is 2.07 bits per heavy atom. The van der Waals surface area contributed by atoms with Crippen LogP contribution in [0.4, 0.5) is 0 Å². The molecular formula is C11H16ClNO. The molecular weight excluding hydrogens is 198 g/mol. The molecule has 0 bridgehead atoms. The van der Waals surface area contributed by atoms with E-state index in [1.165, 1.54) is 0 Å². The summed E-state index contributed by atoms with van der Waals surface area (Å²) in [5, 5.41) is 2.93. The van der Waals surface area contributed by atoms with Crippen molar-refractivity contribution in [1.29, 1.82) is 0 Å². The fraction of sp³-hybridized carbons (Fsp3) is 0.364. The molecule has 1 N–H and O–H groups in total. The lowest BCUT2D eigenvalue weighted by atomic mass is 10.0. The van der Waals surface area contributed by atoms with E-state index in [4.69, 9.17) is 0 Å². The molecule has 0 aliphatic heterocycles. The summed E-state index contributed by atoms with van der Waals surface area (Å²) in [6.07, 6.45) is 0. The maximum absolute atomic E-state index is 11.7. The fourth-order valence-electron chi connectivity index (χ4n) is 1.18. The van der Waals surface area contributed by atoms with Gasteiger partial charge >= 0.3 is 0 Å². The summed E-state index contributed by atoms with van der Waals surface area (Å²) in [5.74, 6) is 0.145. The molecule has 0 aromatic heterocycles. The fourth-order valence-corrected chi connectivity index (χ4v) is 1.18. The molecule has 0 aliphatic rings. The van der Waals surface area contributed by atoms with Gasteiger partial charge in [-0.15, -0.1) is 12.4 Å². The summed E-state index contributed by atoms with van der Waals surface area (Å²) in [4.78, 5) is 11.7. The minimum absolute atomic E-state index is 0. The SMILES string of the molecule is CNC(C)C(=O)c1cccc(C)c1.Cl. The molecule has 0 spiro atoms. The van der Waals surface area contributed by atoms with E-state index in [1.54, 1.807) is 7.05 Å². The Bertz CT molecular complexity index is 312. The molecule has 0 aliphatic carbocycles. The lowest BCUT2D eigenvalue weighted by Crippen LogP contribution is -2.30. The van der Waals surface area contributed by atoms with Crippen LogP contribution in [-0.2, 0) is 0 Å². The Kier molecular flexibility index (Phi) is 5.43. The van der Waals surface area contributed by atoms with Gasteiger partial charge in [-0.05, 0) is 27.0 Å². The molecule has 1 aromatic carbocycles. The molecule has 78 valence electrons. The second-order valence-corrected chi connectivity index (χ2v) is 3.24. The van der Waals surface area contributed by atoms with E-state index in [9.17, 15) is 4.79 Å². The lowest BCUT2D eigenvalue weighted by molar-refractivity contribution is 0.0955. The van der Waals surface area contributed by atoms with Crippen molar-refractivity contribution in [2.24, 2.45) is 0 Å². The van der Waals surface area contributed by atoms with Crippen LogP contribution in [0.5, 0.6) is 0 Å². The first kappa shape index (κ1) is 13.1. The zero-order valence-electron chi connectivity index (χ0n) is 8.70. The molecule has 0 saturated heterocycles. The number of aryl methyl sites for hydroxylation is 1. The number of carbonyl (C=O) groups is 1. The van der Waals surface area contributed by atoms with Gasteiger partial charge in [-0.3, -0.25) is 4.79 Å². The first-order chi connectivity index (χ1) is 6.15. The topological polar surface area (TPSA) is 29.1 Å². The van der Waals surface area contributed by atoms with E-state index in [-0.39, 0.29) is 24.2 Å². The predicted molar refractivity (Wildman–Crippen MR) is 61.3 cm³/mol. The van der Waals surface area contributed by atoms with E-state index in [0.29, 0.717) is 0 Å². The number of benzene rings is 1. The maximum atomic E-state index is 11.7. The van der Waals surface area contributed by atoms with Gasteiger partial charge < -0.3 is 5.32 Å². The van der Waals surface area contributed by atoms with Gasteiger partial charge in [0.25, 0.3) is 0 Å². The number of halogens is 1. The van der Waals surface area contributed by atoms with Crippen LogP contribution in [0.3, 0.4) is 0 Å². The molecule has 1 rings (SSSR count). The lowest BCUT2D eigenvalue weighted by Gasteiger charge is -2.08. The molecule has 3 heteroatoms. The number of rotatable bonds is 3. The van der Waals surface area contributed by atoms with E-state index in [1.807, 2.05) is 38.1 Å². The maximum Gasteiger partial charge on any atom is 0.179 e. The summed E-state index contributed by atoms with van der Waals surface area (Å²) >= 11 is 0. The minimum atomic E-state index is -0.109. The number of ketones is 1. The second-order valence-electron chi connectivity index (χ2n) is 3.24. The average Bonchev–Trinajstić information content (AvgIpc) is 2.15. The van der Waals surface area contributed by atoms with Gasteiger partial charge in [0.1, 0.15) is 0 Å². The van der Waals surface area contributed by atoms with Crippen molar-refractivity contribution in [3.05, 3.63) is 35.4 Å². The first-order valence-electron chi connectivity index (χ1n) is 4.43. The standard InChI is InChI=1S/C11H15NO.ClH/c1-8-5-4-6-10(7-8)11(13)9(2)12-3;/h4-7,9,12H,1-3H3;1H. The summed E-state index contributed by atoms with van der Waals surface area (Å²) in [6, 6.07) is 7.55. The smallest absolute Gasteiger partial charge is 0.179 e. The zero-order chi connectivity index (χ0) is 9.84. The van der Waals surface area contributed by atoms with Crippen molar-refractivity contribution in [3.63, 3.8) is 0 Å². The Morgan fingerprint density at radius 3 is 2.57 bits per heavy atom. The molecule has 1 unspecified atom stereocenters. The zero-order valence-corrected chi connectivity index (χ0v) is 9.52. The Balaban J connectivity index is 0.00000169. The summed E-state index contributed by atoms with van der Waals surface area (Å²) in [7, 11) is 1.79.